The fraction of sp³-hybridized carbons (Fsp3) is 0.263. The van der Waals surface area contributed by atoms with Crippen LogP contribution in [0, 0.1) is 0 Å². The molecule has 0 aromatic heterocycles. The second kappa shape index (κ2) is 7.46. The highest BCUT2D eigenvalue weighted by Gasteiger charge is 2.25. The molecule has 2 aromatic rings. The third-order valence-corrected chi connectivity index (χ3v) is 5.15. The average molecular weight is 377 g/mol. The number of halogens is 2. The van der Waals surface area contributed by atoms with Crippen LogP contribution >= 0.6 is 23.2 Å². The molecule has 0 atom stereocenters. The number of carbonyl (C=O) groups is 2. The first-order valence-corrected chi connectivity index (χ1v) is 8.85. The van der Waals surface area contributed by atoms with Crippen LogP contribution in [0.1, 0.15) is 18.9 Å². The van der Waals surface area contributed by atoms with Gasteiger partial charge in [0.05, 0.1) is 15.7 Å². The van der Waals surface area contributed by atoms with Gasteiger partial charge in [-0.3, -0.25) is 9.59 Å². The predicted molar refractivity (Wildman–Crippen MR) is 102 cm³/mol. The molecule has 25 heavy (non-hydrogen) atoms. The summed E-state index contributed by atoms with van der Waals surface area (Å²) in [4.78, 5) is 28.0. The molecular weight excluding hydrogens is 359 g/mol. The maximum absolute atomic E-state index is 12.6. The number of rotatable bonds is 4. The molecule has 2 amide bonds. The molecule has 0 radical (unpaired) electrons. The third kappa shape index (κ3) is 3.65. The van der Waals surface area contributed by atoms with E-state index in [1.807, 2.05) is 24.3 Å². The van der Waals surface area contributed by atoms with E-state index in [-0.39, 0.29) is 24.8 Å². The molecule has 3 rings (SSSR count). The summed E-state index contributed by atoms with van der Waals surface area (Å²) in [6.45, 7) is 2.38. The van der Waals surface area contributed by atoms with Gasteiger partial charge in [0.2, 0.25) is 11.8 Å². The minimum absolute atomic E-state index is 0.00523. The summed E-state index contributed by atoms with van der Waals surface area (Å²) >= 11 is 12.3. The predicted octanol–water partition coefficient (Wildman–Crippen LogP) is 4.33. The van der Waals surface area contributed by atoms with Crippen LogP contribution in [-0.4, -0.2) is 24.9 Å². The van der Waals surface area contributed by atoms with Gasteiger partial charge < -0.3 is 9.80 Å². The highest BCUT2D eigenvalue weighted by Crippen LogP contribution is 2.33. The molecule has 6 heteroatoms. The highest BCUT2D eigenvalue weighted by atomic mass is 35.5. The van der Waals surface area contributed by atoms with Crippen molar-refractivity contribution in [1.82, 2.24) is 0 Å². The molecule has 0 spiro atoms. The van der Waals surface area contributed by atoms with E-state index in [1.54, 1.807) is 23.1 Å². The lowest BCUT2D eigenvalue weighted by Gasteiger charge is -2.24. The second-order valence-corrected chi connectivity index (χ2v) is 6.70. The van der Waals surface area contributed by atoms with Gasteiger partial charge >= 0.3 is 0 Å². The van der Waals surface area contributed by atoms with Crippen LogP contribution in [-0.2, 0) is 16.0 Å². The van der Waals surface area contributed by atoms with Gasteiger partial charge in [0, 0.05) is 32.1 Å². The van der Waals surface area contributed by atoms with Gasteiger partial charge in [-0.2, -0.15) is 0 Å². The van der Waals surface area contributed by atoms with E-state index in [4.69, 9.17) is 23.2 Å². The standard InChI is InChI=1S/C19H18Cl2N2O2/c1-13(24)22(17-8-4-6-15(20)19(17)21)12-10-18(25)23-11-9-14-5-2-3-7-16(14)23/h2-8H,9-12H2,1H3. The average Bonchev–Trinajstić information content (AvgIpc) is 3.02. The number of para-hydroxylation sites is 1. The number of amides is 2. The molecule has 0 aliphatic carbocycles. The summed E-state index contributed by atoms with van der Waals surface area (Å²) in [6, 6.07) is 13.0. The molecule has 4 nitrogen and oxygen atoms in total. The van der Waals surface area contributed by atoms with Gasteiger partial charge in [-0.05, 0) is 30.2 Å². The van der Waals surface area contributed by atoms with Crippen LogP contribution in [0.3, 0.4) is 0 Å². The van der Waals surface area contributed by atoms with Crippen molar-refractivity contribution in [2.75, 3.05) is 22.9 Å². The summed E-state index contributed by atoms with van der Waals surface area (Å²) in [6.07, 6.45) is 1.08. The fourth-order valence-electron chi connectivity index (χ4n) is 3.09. The minimum atomic E-state index is -0.182. The molecule has 0 saturated heterocycles. The monoisotopic (exact) mass is 376 g/mol. The molecule has 1 aliphatic rings. The van der Waals surface area contributed by atoms with Gasteiger partial charge in [0.1, 0.15) is 0 Å². The summed E-state index contributed by atoms with van der Waals surface area (Å²) < 4.78 is 0. The first-order chi connectivity index (χ1) is 12.0. The van der Waals surface area contributed by atoms with Gasteiger partial charge in [-0.1, -0.05) is 47.5 Å². The Balaban J connectivity index is 1.74. The molecule has 0 N–H and O–H groups in total. The van der Waals surface area contributed by atoms with Crippen LogP contribution in [0.25, 0.3) is 0 Å². The highest BCUT2D eigenvalue weighted by molar-refractivity contribution is 6.44. The molecule has 130 valence electrons. The van der Waals surface area contributed by atoms with Gasteiger partial charge in [0.15, 0.2) is 0 Å². The minimum Gasteiger partial charge on any atom is -0.312 e. The van der Waals surface area contributed by atoms with E-state index in [2.05, 4.69) is 0 Å². The SMILES string of the molecule is CC(=O)N(CCC(=O)N1CCc2ccccc21)c1cccc(Cl)c1Cl. The Morgan fingerprint density at radius 3 is 2.64 bits per heavy atom. The van der Waals surface area contributed by atoms with E-state index < -0.39 is 0 Å². The molecule has 1 aliphatic heterocycles. The van der Waals surface area contributed by atoms with Crippen LogP contribution in [0.2, 0.25) is 10.0 Å². The lowest BCUT2D eigenvalue weighted by molar-refractivity contribution is -0.118. The van der Waals surface area contributed by atoms with Gasteiger partial charge in [-0.25, -0.2) is 0 Å². The van der Waals surface area contributed by atoms with Crippen molar-refractivity contribution in [2.45, 2.75) is 19.8 Å². The normalized spacial score (nSPS) is 12.8. The Labute approximate surface area is 156 Å². The first-order valence-electron chi connectivity index (χ1n) is 8.09. The van der Waals surface area contributed by atoms with E-state index in [0.29, 0.717) is 22.3 Å². The molecule has 0 unspecified atom stereocenters. The van der Waals surface area contributed by atoms with E-state index >= 15 is 0 Å². The quantitative estimate of drug-likeness (QED) is 0.796. The molecule has 2 aromatic carbocycles. The van der Waals surface area contributed by atoms with Gasteiger partial charge in [0.25, 0.3) is 0 Å². The number of carbonyl (C=O) groups excluding carboxylic acids is 2. The second-order valence-electron chi connectivity index (χ2n) is 5.92. The van der Waals surface area contributed by atoms with Gasteiger partial charge in [-0.15, -0.1) is 0 Å². The lowest BCUT2D eigenvalue weighted by Crippen LogP contribution is -2.35. The van der Waals surface area contributed by atoms with E-state index in [0.717, 1.165) is 12.1 Å². The number of fused-ring (bicyclic) bond motifs is 1. The van der Waals surface area contributed by atoms with Crippen LogP contribution in [0.15, 0.2) is 42.5 Å². The Kier molecular flexibility index (Phi) is 5.30. The summed E-state index contributed by atoms with van der Waals surface area (Å²) in [7, 11) is 0. The maximum Gasteiger partial charge on any atom is 0.228 e. The molecule has 0 saturated carbocycles. The Morgan fingerprint density at radius 2 is 1.88 bits per heavy atom. The van der Waals surface area contributed by atoms with Crippen molar-refractivity contribution in [3.63, 3.8) is 0 Å². The zero-order valence-corrected chi connectivity index (χ0v) is 15.3. The summed E-state index contributed by atoms with van der Waals surface area (Å²) in [5.41, 5.74) is 2.66. The number of hydrogen-bond acceptors (Lipinski definition) is 2. The largest absolute Gasteiger partial charge is 0.312 e. The van der Waals surface area contributed by atoms with Crippen LogP contribution in [0.4, 0.5) is 11.4 Å². The smallest absolute Gasteiger partial charge is 0.228 e. The first kappa shape index (κ1) is 17.8. The topological polar surface area (TPSA) is 40.6 Å². The van der Waals surface area contributed by atoms with Crippen molar-refractivity contribution >= 4 is 46.4 Å². The van der Waals surface area contributed by atoms with Crippen LogP contribution < -0.4 is 9.80 Å². The van der Waals surface area contributed by atoms with E-state index in [9.17, 15) is 9.59 Å². The maximum atomic E-state index is 12.6. The van der Waals surface area contributed by atoms with Crippen LogP contribution in [0.5, 0.6) is 0 Å². The molecular formula is C19H18Cl2N2O2. The Bertz CT molecular complexity index is 823. The van der Waals surface area contributed by atoms with Crippen molar-refractivity contribution in [1.29, 1.82) is 0 Å². The zero-order valence-electron chi connectivity index (χ0n) is 13.8. The van der Waals surface area contributed by atoms with E-state index in [1.165, 1.54) is 17.4 Å². The summed E-state index contributed by atoms with van der Waals surface area (Å²) in [5, 5.41) is 0.698. The number of benzene rings is 2. The number of hydrogen-bond donors (Lipinski definition) is 0. The fourth-order valence-corrected chi connectivity index (χ4v) is 3.49. The Morgan fingerprint density at radius 1 is 1.12 bits per heavy atom. The van der Waals surface area contributed by atoms with Crippen molar-refractivity contribution < 1.29 is 9.59 Å². The molecule has 1 heterocycles. The zero-order chi connectivity index (χ0) is 18.0. The number of nitrogens with zero attached hydrogens (tertiary/aromatic N) is 2. The summed E-state index contributed by atoms with van der Waals surface area (Å²) in [5.74, 6) is -0.187. The molecule has 0 fully saturated rings. The van der Waals surface area contributed by atoms with Crippen molar-refractivity contribution in [3.8, 4) is 0 Å². The van der Waals surface area contributed by atoms with Crippen molar-refractivity contribution in [3.05, 3.63) is 58.1 Å². The van der Waals surface area contributed by atoms with Crippen molar-refractivity contribution in [2.24, 2.45) is 0 Å². The Hall–Kier alpha value is -2.04. The third-order valence-electron chi connectivity index (χ3n) is 4.34. The lowest BCUT2D eigenvalue weighted by atomic mass is 10.2. The number of anilines is 2. The molecule has 0 bridgehead atoms.